The van der Waals surface area contributed by atoms with Gasteiger partial charge in [-0.3, -0.25) is 4.79 Å². The number of halogens is 4. The highest BCUT2D eigenvalue weighted by molar-refractivity contribution is 5.84. The van der Waals surface area contributed by atoms with Gasteiger partial charge in [-0.2, -0.15) is 8.78 Å². The summed E-state index contributed by atoms with van der Waals surface area (Å²) in [5, 5.41) is 0. The van der Waals surface area contributed by atoms with Gasteiger partial charge in [-0.05, 0) is 24.6 Å². The van der Waals surface area contributed by atoms with E-state index in [4.69, 9.17) is 0 Å². The van der Waals surface area contributed by atoms with Crippen LogP contribution in [0, 0.1) is 0 Å². The fourth-order valence-corrected chi connectivity index (χ4v) is 1.75. The second-order valence-corrected chi connectivity index (χ2v) is 4.80. The number of benzene rings is 1. The molecule has 0 aliphatic carbocycles. The number of anilines is 1. The summed E-state index contributed by atoms with van der Waals surface area (Å²) in [7, 11) is 3.69. The van der Waals surface area contributed by atoms with Crippen molar-refractivity contribution in [2.75, 3.05) is 25.5 Å². The molecule has 0 radical (unpaired) electrons. The van der Waals surface area contributed by atoms with Crippen molar-refractivity contribution in [2.24, 2.45) is 0 Å². The van der Waals surface area contributed by atoms with Gasteiger partial charge in [-0.15, -0.1) is 0 Å². The lowest BCUT2D eigenvalue weighted by atomic mass is 10.1. The number of hydrogen-bond acceptors (Lipinski definition) is 2. The van der Waals surface area contributed by atoms with Crippen molar-refractivity contribution in [2.45, 2.75) is 25.8 Å². The fraction of sp³-hybridized carbons (Fsp3) is 0.500. The van der Waals surface area contributed by atoms with Gasteiger partial charge < -0.3 is 9.80 Å². The predicted octanol–water partition coefficient (Wildman–Crippen LogP) is 3.00. The van der Waals surface area contributed by atoms with Crippen molar-refractivity contribution < 1.29 is 22.4 Å². The molecule has 1 amide bonds. The fourth-order valence-electron chi connectivity index (χ4n) is 1.75. The van der Waals surface area contributed by atoms with E-state index in [0.29, 0.717) is 5.56 Å². The number of alkyl halides is 4. The molecule has 0 fully saturated rings. The lowest BCUT2D eigenvalue weighted by molar-refractivity contribution is -0.181. The molecule has 0 saturated heterocycles. The van der Waals surface area contributed by atoms with Gasteiger partial charge in [0.2, 0.25) is 0 Å². The number of hydrogen-bond donors (Lipinski definition) is 0. The smallest absolute Gasteiger partial charge is 0.378 e. The van der Waals surface area contributed by atoms with Gasteiger partial charge in [0.25, 0.3) is 5.91 Å². The minimum Gasteiger partial charge on any atom is -0.378 e. The molecule has 0 atom stereocenters. The summed E-state index contributed by atoms with van der Waals surface area (Å²) < 4.78 is 50.7. The molecular formula is C14H18F4N2O. The van der Waals surface area contributed by atoms with Crippen LogP contribution in [-0.4, -0.2) is 43.8 Å². The molecule has 0 aliphatic heterocycles. The summed E-state index contributed by atoms with van der Waals surface area (Å²) in [5.41, 5.74) is 1.51. The Kier molecular flexibility index (Phi) is 5.57. The maximum Gasteiger partial charge on any atom is 0.383 e. The Balaban J connectivity index is 2.85. The van der Waals surface area contributed by atoms with Crippen LogP contribution in [0.4, 0.5) is 23.2 Å². The third-order valence-electron chi connectivity index (χ3n) is 3.05. The zero-order chi connectivity index (χ0) is 16.2. The molecule has 0 heterocycles. The van der Waals surface area contributed by atoms with Gasteiger partial charge in [0.15, 0.2) is 0 Å². The first kappa shape index (κ1) is 17.3. The molecule has 0 spiro atoms. The molecule has 0 bridgehead atoms. The normalized spacial score (nSPS) is 11.6. The van der Waals surface area contributed by atoms with E-state index in [1.165, 1.54) is 6.92 Å². The van der Waals surface area contributed by atoms with E-state index in [-0.39, 0.29) is 13.1 Å². The number of amides is 1. The predicted molar refractivity (Wildman–Crippen MR) is 72.8 cm³/mol. The molecule has 0 aromatic heterocycles. The molecule has 21 heavy (non-hydrogen) atoms. The lowest BCUT2D eigenvalue weighted by Gasteiger charge is -2.25. The van der Waals surface area contributed by atoms with Crippen molar-refractivity contribution in [1.82, 2.24) is 4.90 Å². The molecule has 7 heteroatoms. The van der Waals surface area contributed by atoms with Crippen LogP contribution in [0.5, 0.6) is 0 Å². The van der Waals surface area contributed by atoms with Crippen molar-refractivity contribution >= 4 is 11.6 Å². The summed E-state index contributed by atoms with van der Waals surface area (Å²) in [4.78, 5) is 14.1. The number of nitrogens with zero attached hydrogens (tertiary/aromatic N) is 2. The summed E-state index contributed by atoms with van der Waals surface area (Å²) in [6, 6.07) is 6.87. The summed E-state index contributed by atoms with van der Waals surface area (Å²) >= 11 is 0. The minimum absolute atomic E-state index is 0.0728. The molecule has 3 nitrogen and oxygen atoms in total. The average molecular weight is 306 g/mol. The lowest BCUT2D eigenvalue weighted by Crippen LogP contribution is -2.47. The van der Waals surface area contributed by atoms with Crippen molar-refractivity contribution in [3.63, 3.8) is 0 Å². The summed E-state index contributed by atoms with van der Waals surface area (Å²) in [6.45, 7) is 1.26. The number of carbonyl (C=O) groups excluding carboxylic acids is 1. The van der Waals surface area contributed by atoms with E-state index in [2.05, 4.69) is 0 Å². The highest BCUT2D eigenvalue weighted by Gasteiger charge is 2.50. The van der Waals surface area contributed by atoms with Gasteiger partial charge in [0.05, 0.1) is 0 Å². The minimum atomic E-state index is -4.65. The van der Waals surface area contributed by atoms with Crippen LogP contribution in [-0.2, 0) is 11.3 Å². The van der Waals surface area contributed by atoms with Gasteiger partial charge in [0, 0.05) is 32.9 Å². The van der Waals surface area contributed by atoms with Crippen LogP contribution in [0.25, 0.3) is 0 Å². The topological polar surface area (TPSA) is 23.6 Å². The van der Waals surface area contributed by atoms with Crippen LogP contribution in [0.3, 0.4) is 0 Å². The third kappa shape index (κ3) is 4.09. The van der Waals surface area contributed by atoms with Crippen molar-refractivity contribution in [3.05, 3.63) is 29.8 Å². The highest BCUT2D eigenvalue weighted by atomic mass is 19.3. The van der Waals surface area contributed by atoms with E-state index in [1.54, 1.807) is 24.3 Å². The third-order valence-corrected chi connectivity index (χ3v) is 3.05. The standard InChI is InChI=1S/C14H18F4N2O/c1-4-20(13(21)14(17,18)12(15)16)9-10-5-7-11(8-6-10)19(2)3/h5-8,12H,4,9H2,1-3H3. The molecule has 1 aromatic carbocycles. The van der Waals surface area contributed by atoms with Crippen molar-refractivity contribution in [3.8, 4) is 0 Å². The zero-order valence-electron chi connectivity index (χ0n) is 12.1. The van der Waals surface area contributed by atoms with Crippen LogP contribution in [0.1, 0.15) is 12.5 Å². The Morgan fingerprint density at radius 2 is 1.71 bits per heavy atom. The van der Waals surface area contributed by atoms with Crippen LogP contribution in [0.2, 0.25) is 0 Å². The van der Waals surface area contributed by atoms with Gasteiger partial charge in [-0.1, -0.05) is 12.1 Å². The zero-order valence-corrected chi connectivity index (χ0v) is 12.1. The average Bonchev–Trinajstić information content (AvgIpc) is 2.44. The summed E-state index contributed by atoms with van der Waals surface area (Å²) in [5.74, 6) is -6.50. The second kappa shape index (κ2) is 6.78. The van der Waals surface area contributed by atoms with Crippen LogP contribution in [0.15, 0.2) is 24.3 Å². The Morgan fingerprint density at radius 3 is 2.10 bits per heavy atom. The number of carbonyl (C=O) groups is 1. The molecule has 118 valence electrons. The van der Waals surface area contributed by atoms with Gasteiger partial charge in [-0.25, -0.2) is 8.78 Å². The first-order chi connectivity index (χ1) is 9.70. The van der Waals surface area contributed by atoms with Crippen LogP contribution >= 0.6 is 0 Å². The largest absolute Gasteiger partial charge is 0.383 e. The maximum absolute atomic E-state index is 13.1. The van der Waals surface area contributed by atoms with E-state index >= 15 is 0 Å². The second-order valence-electron chi connectivity index (χ2n) is 4.80. The number of rotatable bonds is 6. The molecular weight excluding hydrogens is 288 g/mol. The van der Waals surface area contributed by atoms with Crippen molar-refractivity contribution in [1.29, 1.82) is 0 Å². The first-order valence-corrected chi connectivity index (χ1v) is 6.41. The van der Waals surface area contributed by atoms with E-state index in [9.17, 15) is 22.4 Å². The summed E-state index contributed by atoms with van der Waals surface area (Å²) in [6.07, 6.45) is -4.00. The molecule has 0 N–H and O–H groups in total. The highest BCUT2D eigenvalue weighted by Crippen LogP contribution is 2.26. The maximum atomic E-state index is 13.1. The van der Waals surface area contributed by atoms with Gasteiger partial charge >= 0.3 is 12.3 Å². The Bertz CT molecular complexity index is 474. The molecule has 0 aliphatic rings. The monoisotopic (exact) mass is 306 g/mol. The molecule has 0 saturated carbocycles. The quantitative estimate of drug-likeness (QED) is 0.754. The Labute approximate surface area is 121 Å². The first-order valence-electron chi connectivity index (χ1n) is 6.41. The van der Waals surface area contributed by atoms with Crippen LogP contribution < -0.4 is 4.90 Å². The van der Waals surface area contributed by atoms with Gasteiger partial charge in [0.1, 0.15) is 0 Å². The van der Waals surface area contributed by atoms with E-state index in [0.717, 1.165) is 10.6 Å². The van der Waals surface area contributed by atoms with E-state index in [1.807, 2.05) is 19.0 Å². The molecule has 0 unspecified atom stereocenters. The molecule has 1 aromatic rings. The Hall–Kier alpha value is -1.79. The molecule has 1 rings (SSSR count). The Morgan fingerprint density at radius 1 is 1.19 bits per heavy atom. The SMILES string of the molecule is CCN(Cc1ccc(N(C)C)cc1)C(=O)C(F)(F)C(F)F. The van der Waals surface area contributed by atoms with E-state index < -0.39 is 18.3 Å².